The number of hydrogen-bond donors (Lipinski definition) is 2. The zero-order valence-electron chi connectivity index (χ0n) is 17.8. The average molecular weight is 442 g/mol. The molecule has 2 aromatic carbocycles. The van der Waals surface area contributed by atoms with E-state index < -0.39 is 10.0 Å². The molecule has 6 nitrogen and oxygen atoms in total. The standard InChI is InChI=1S/C24H31N3O3S/c28-24(21-8-12-23(13-9-21)31(29,30)26-22-10-11-22)25-17-19-6-5-7-20(16-19)18-27-14-3-1-2-4-15-27/h5-9,12-13,16,22,26H,1-4,10-11,14-15,17-18H2,(H,25,28). The van der Waals surface area contributed by atoms with Gasteiger partial charge in [0.2, 0.25) is 10.0 Å². The largest absolute Gasteiger partial charge is 0.348 e. The lowest BCUT2D eigenvalue weighted by atomic mass is 10.1. The predicted molar refractivity (Wildman–Crippen MR) is 121 cm³/mol. The van der Waals surface area contributed by atoms with Gasteiger partial charge in [0, 0.05) is 24.7 Å². The molecule has 0 unspecified atom stereocenters. The Balaban J connectivity index is 1.32. The van der Waals surface area contributed by atoms with Gasteiger partial charge in [-0.15, -0.1) is 0 Å². The van der Waals surface area contributed by atoms with E-state index in [0.29, 0.717) is 12.1 Å². The van der Waals surface area contributed by atoms with E-state index in [-0.39, 0.29) is 16.8 Å². The Bertz CT molecular complexity index is 993. The molecule has 1 heterocycles. The minimum atomic E-state index is -3.50. The Hall–Kier alpha value is -2.22. The molecule has 0 atom stereocenters. The lowest BCUT2D eigenvalue weighted by molar-refractivity contribution is 0.0950. The highest BCUT2D eigenvalue weighted by atomic mass is 32.2. The average Bonchev–Trinajstić information content (AvgIpc) is 3.60. The van der Waals surface area contributed by atoms with Gasteiger partial charge in [0.25, 0.3) is 5.91 Å². The van der Waals surface area contributed by atoms with Crippen LogP contribution in [0.2, 0.25) is 0 Å². The van der Waals surface area contributed by atoms with E-state index in [1.165, 1.54) is 43.4 Å². The summed E-state index contributed by atoms with van der Waals surface area (Å²) in [5.41, 5.74) is 2.78. The number of likely N-dealkylation sites (tertiary alicyclic amines) is 1. The second kappa shape index (κ2) is 9.94. The molecular formula is C24H31N3O3S. The van der Waals surface area contributed by atoms with Crippen LogP contribution in [0.25, 0.3) is 0 Å². The monoisotopic (exact) mass is 441 g/mol. The fraction of sp³-hybridized carbons (Fsp3) is 0.458. The summed E-state index contributed by atoms with van der Waals surface area (Å²) in [4.78, 5) is 15.2. The molecule has 2 aromatic rings. The highest BCUT2D eigenvalue weighted by Crippen LogP contribution is 2.22. The molecule has 0 radical (unpaired) electrons. The van der Waals surface area contributed by atoms with E-state index in [1.54, 1.807) is 12.1 Å². The first kappa shape index (κ1) is 22.0. The van der Waals surface area contributed by atoms with Gasteiger partial charge in [-0.25, -0.2) is 13.1 Å². The van der Waals surface area contributed by atoms with Crippen LogP contribution in [0, 0.1) is 0 Å². The maximum absolute atomic E-state index is 12.5. The molecule has 7 heteroatoms. The van der Waals surface area contributed by atoms with E-state index in [9.17, 15) is 13.2 Å². The topological polar surface area (TPSA) is 78.5 Å². The van der Waals surface area contributed by atoms with E-state index in [0.717, 1.165) is 38.0 Å². The molecule has 1 amide bonds. The molecule has 166 valence electrons. The van der Waals surface area contributed by atoms with Crippen molar-refractivity contribution in [3.05, 3.63) is 65.2 Å². The van der Waals surface area contributed by atoms with Crippen molar-refractivity contribution < 1.29 is 13.2 Å². The van der Waals surface area contributed by atoms with Crippen LogP contribution in [0.3, 0.4) is 0 Å². The Morgan fingerprint density at radius 2 is 1.61 bits per heavy atom. The van der Waals surface area contributed by atoms with Crippen LogP contribution in [-0.4, -0.2) is 38.4 Å². The molecule has 31 heavy (non-hydrogen) atoms. The number of hydrogen-bond acceptors (Lipinski definition) is 4. The van der Waals surface area contributed by atoms with E-state index in [1.807, 2.05) is 12.1 Å². The van der Waals surface area contributed by atoms with Crippen LogP contribution in [0.1, 0.15) is 60.0 Å². The summed E-state index contributed by atoms with van der Waals surface area (Å²) in [6.45, 7) is 3.70. The molecule has 0 aromatic heterocycles. The predicted octanol–water partition coefficient (Wildman–Crippen LogP) is 3.43. The Morgan fingerprint density at radius 3 is 2.29 bits per heavy atom. The lowest BCUT2D eigenvalue weighted by Gasteiger charge is -2.20. The minimum Gasteiger partial charge on any atom is -0.348 e. The number of rotatable bonds is 8. The molecular weight excluding hydrogens is 410 g/mol. The number of nitrogens with one attached hydrogen (secondary N) is 2. The van der Waals surface area contributed by atoms with E-state index in [4.69, 9.17) is 0 Å². The van der Waals surface area contributed by atoms with Gasteiger partial charge < -0.3 is 5.32 Å². The summed E-state index contributed by atoms with van der Waals surface area (Å²) in [6, 6.07) is 14.5. The van der Waals surface area contributed by atoms with Crippen molar-refractivity contribution in [3.8, 4) is 0 Å². The zero-order chi connectivity index (χ0) is 21.7. The first-order chi connectivity index (χ1) is 15.0. The Labute approximate surface area is 185 Å². The summed E-state index contributed by atoms with van der Waals surface area (Å²) < 4.78 is 27.2. The van der Waals surface area contributed by atoms with E-state index in [2.05, 4.69) is 27.1 Å². The molecule has 1 aliphatic carbocycles. The summed E-state index contributed by atoms with van der Waals surface area (Å²) in [5, 5.41) is 2.94. The summed E-state index contributed by atoms with van der Waals surface area (Å²) >= 11 is 0. The van der Waals surface area contributed by atoms with E-state index >= 15 is 0 Å². The van der Waals surface area contributed by atoms with Crippen LogP contribution in [0.15, 0.2) is 53.4 Å². The molecule has 2 aliphatic rings. The van der Waals surface area contributed by atoms with Crippen molar-refractivity contribution in [2.24, 2.45) is 0 Å². The van der Waals surface area contributed by atoms with Gasteiger partial charge in [-0.3, -0.25) is 9.69 Å². The third kappa shape index (κ3) is 6.38. The number of carbonyl (C=O) groups is 1. The van der Waals surface area contributed by atoms with Gasteiger partial charge in [-0.2, -0.15) is 0 Å². The number of carbonyl (C=O) groups excluding carboxylic acids is 1. The molecule has 2 fully saturated rings. The summed E-state index contributed by atoms with van der Waals surface area (Å²) in [5.74, 6) is -0.211. The van der Waals surface area contributed by atoms with Gasteiger partial charge in [0.15, 0.2) is 0 Å². The van der Waals surface area contributed by atoms with Crippen LogP contribution < -0.4 is 10.0 Å². The zero-order valence-corrected chi connectivity index (χ0v) is 18.7. The number of amides is 1. The first-order valence-electron chi connectivity index (χ1n) is 11.2. The highest BCUT2D eigenvalue weighted by Gasteiger charge is 2.28. The molecule has 1 saturated carbocycles. The Kier molecular flexibility index (Phi) is 7.05. The Morgan fingerprint density at radius 1 is 0.935 bits per heavy atom. The smallest absolute Gasteiger partial charge is 0.251 e. The third-order valence-corrected chi connectivity index (χ3v) is 7.41. The molecule has 2 N–H and O–H groups in total. The first-order valence-corrected chi connectivity index (χ1v) is 12.7. The van der Waals surface area contributed by atoms with Crippen LogP contribution in [0.4, 0.5) is 0 Å². The second-order valence-electron chi connectivity index (χ2n) is 8.61. The number of nitrogens with zero attached hydrogens (tertiary/aromatic N) is 1. The third-order valence-electron chi connectivity index (χ3n) is 5.88. The molecule has 1 saturated heterocycles. The maximum Gasteiger partial charge on any atom is 0.251 e. The second-order valence-corrected chi connectivity index (χ2v) is 10.3. The molecule has 0 bridgehead atoms. The highest BCUT2D eigenvalue weighted by molar-refractivity contribution is 7.89. The van der Waals surface area contributed by atoms with Crippen LogP contribution in [0.5, 0.6) is 0 Å². The van der Waals surface area contributed by atoms with Crippen molar-refractivity contribution >= 4 is 15.9 Å². The number of sulfonamides is 1. The summed E-state index contributed by atoms with van der Waals surface area (Å²) in [7, 11) is -3.50. The minimum absolute atomic E-state index is 0.0584. The van der Waals surface area contributed by atoms with Crippen molar-refractivity contribution in [2.45, 2.75) is 62.6 Å². The fourth-order valence-electron chi connectivity index (χ4n) is 3.95. The van der Waals surface area contributed by atoms with Gasteiger partial charge in [0.05, 0.1) is 4.90 Å². The van der Waals surface area contributed by atoms with Crippen molar-refractivity contribution in [1.82, 2.24) is 14.9 Å². The normalized spacial score (nSPS) is 17.8. The van der Waals surface area contributed by atoms with Gasteiger partial charge >= 0.3 is 0 Å². The van der Waals surface area contributed by atoms with Crippen molar-refractivity contribution in [2.75, 3.05) is 13.1 Å². The molecule has 4 rings (SSSR count). The maximum atomic E-state index is 12.5. The van der Waals surface area contributed by atoms with Gasteiger partial charge in [0.1, 0.15) is 0 Å². The van der Waals surface area contributed by atoms with Crippen molar-refractivity contribution in [3.63, 3.8) is 0 Å². The molecule has 1 aliphatic heterocycles. The van der Waals surface area contributed by atoms with Crippen LogP contribution in [-0.2, 0) is 23.1 Å². The van der Waals surface area contributed by atoms with Crippen molar-refractivity contribution in [1.29, 1.82) is 0 Å². The lowest BCUT2D eigenvalue weighted by Crippen LogP contribution is -2.26. The molecule has 0 spiro atoms. The quantitative estimate of drug-likeness (QED) is 0.658. The SMILES string of the molecule is O=C(NCc1cccc(CN2CCCCCC2)c1)c1ccc(S(=O)(=O)NC2CC2)cc1. The van der Waals surface area contributed by atoms with Gasteiger partial charge in [-0.1, -0.05) is 37.1 Å². The number of benzene rings is 2. The van der Waals surface area contributed by atoms with Gasteiger partial charge in [-0.05, 0) is 74.2 Å². The van der Waals surface area contributed by atoms with Crippen LogP contribution >= 0.6 is 0 Å². The fourth-order valence-corrected chi connectivity index (χ4v) is 5.25. The summed E-state index contributed by atoms with van der Waals surface area (Å²) in [6.07, 6.45) is 6.97.